The molecule has 1 aliphatic rings. The Balaban J connectivity index is 2.06. The normalized spacial score (nSPS) is 25.3. The minimum Gasteiger partial charge on any atom is -0.391 e. The van der Waals surface area contributed by atoms with E-state index in [1.54, 1.807) is 20.4 Å². The fourth-order valence-corrected chi connectivity index (χ4v) is 2.66. The lowest BCUT2D eigenvalue weighted by molar-refractivity contribution is -0.00461. The van der Waals surface area contributed by atoms with Gasteiger partial charge in [0.05, 0.1) is 11.5 Å². The van der Waals surface area contributed by atoms with E-state index in [9.17, 15) is 0 Å². The summed E-state index contributed by atoms with van der Waals surface area (Å²) in [5.74, 6) is 0. The van der Waals surface area contributed by atoms with Gasteiger partial charge in [0.25, 0.3) is 0 Å². The van der Waals surface area contributed by atoms with Crippen molar-refractivity contribution < 1.29 is 14.6 Å². The predicted molar refractivity (Wildman–Crippen MR) is 61.8 cm³/mol. The zero-order valence-electron chi connectivity index (χ0n) is 9.42. The molecule has 1 fully saturated rings. The number of nitrogens with zero attached hydrogens (tertiary/aromatic N) is 2. The minimum atomic E-state index is 0.0485. The Bertz CT molecular complexity index is 333. The number of aromatic nitrogens is 1. The Morgan fingerprint density at radius 2 is 2.06 bits per heavy atom. The molecular formula is C10H16N2O3S. The smallest absolute Gasteiger partial charge is 0.185 e. The second kappa shape index (κ2) is 5.09. The molecule has 2 heterocycles. The number of ether oxygens (including phenoxy) is 2. The summed E-state index contributed by atoms with van der Waals surface area (Å²) in [7, 11) is 3.39. The van der Waals surface area contributed by atoms with Crippen LogP contribution in [0.3, 0.4) is 0 Å². The van der Waals surface area contributed by atoms with Gasteiger partial charge in [-0.05, 0) is 0 Å². The Morgan fingerprint density at radius 3 is 2.50 bits per heavy atom. The SMILES string of the molecule is COC1CN(c2ncc(CO)s2)CC1OC. The van der Waals surface area contributed by atoms with Gasteiger partial charge in [0.15, 0.2) is 5.13 Å². The molecule has 0 amide bonds. The Hall–Kier alpha value is -0.690. The zero-order valence-corrected chi connectivity index (χ0v) is 10.2. The predicted octanol–water partition coefficient (Wildman–Crippen LogP) is 0.485. The molecule has 2 atom stereocenters. The van der Waals surface area contributed by atoms with Gasteiger partial charge in [-0.2, -0.15) is 0 Å². The Kier molecular flexibility index (Phi) is 3.75. The molecule has 5 nitrogen and oxygen atoms in total. The van der Waals surface area contributed by atoms with E-state index in [1.165, 1.54) is 11.3 Å². The molecule has 1 aromatic rings. The number of anilines is 1. The van der Waals surface area contributed by atoms with Crippen LogP contribution in [-0.2, 0) is 16.1 Å². The molecule has 1 N–H and O–H groups in total. The van der Waals surface area contributed by atoms with Gasteiger partial charge in [0.1, 0.15) is 12.2 Å². The molecule has 2 rings (SSSR count). The van der Waals surface area contributed by atoms with Crippen LogP contribution in [0.25, 0.3) is 0 Å². The van der Waals surface area contributed by atoms with Crippen LogP contribution in [0.5, 0.6) is 0 Å². The highest BCUT2D eigenvalue weighted by molar-refractivity contribution is 7.15. The molecule has 0 bridgehead atoms. The molecule has 1 aromatic heterocycles. The molecule has 1 saturated heterocycles. The molecule has 0 aliphatic carbocycles. The maximum Gasteiger partial charge on any atom is 0.185 e. The van der Waals surface area contributed by atoms with Crippen molar-refractivity contribution >= 4 is 16.5 Å². The molecule has 6 heteroatoms. The third kappa shape index (κ3) is 2.20. The van der Waals surface area contributed by atoms with Crippen LogP contribution in [0.4, 0.5) is 5.13 Å². The van der Waals surface area contributed by atoms with E-state index >= 15 is 0 Å². The summed E-state index contributed by atoms with van der Waals surface area (Å²) in [4.78, 5) is 7.29. The highest BCUT2D eigenvalue weighted by atomic mass is 32.1. The number of thiazole rings is 1. The molecule has 2 unspecified atom stereocenters. The lowest BCUT2D eigenvalue weighted by Gasteiger charge is -2.13. The quantitative estimate of drug-likeness (QED) is 0.835. The van der Waals surface area contributed by atoms with Crippen molar-refractivity contribution in [2.45, 2.75) is 18.8 Å². The summed E-state index contributed by atoms with van der Waals surface area (Å²) in [6, 6.07) is 0. The van der Waals surface area contributed by atoms with Crippen LogP contribution in [0, 0.1) is 0 Å². The van der Waals surface area contributed by atoms with Gasteiger partial charge >= 0.3 is 0 Å². The topological polar surface area (TPSA) is 54.8 Å². The number of hydrogen-bond donors (Lipinski definition) is 1. The van der Waals surface area contributed by atoms with Gasteiger partial charge in [-0.25, -0.2) is 4.98 Å². The van der Waals surface area contributed by atoms with E-state index in [0.717, 1.165) is 23.1 Å². The molecular weight excluding hydrogens is 228 g/mol. The Morgan fingerprint density at radius 1 is 1.44 bits per heavy atom. The lowest BCUT2D eigenvalue weighted by Crippen LogP contribution is -2.27. The van der Waals surface area contributed by atoms with Crippen LogP contribution < -0.4 is 4.90 Å². The monoisotopic (exact) mass is 244 g/mol. The second-order valence-electron chi connectivity index (χ2n) is 3.72. The summed E-state index contributed by atoms with van der Waals surface area (Å²) in [6.45, 7) is 1.62. The number of aliphatic hydroxyl groups is 1. The first-order valence-electron chi connectivity index (χ1n) is 5.14. The van der Waals surface area contributed by atoms with Crippen molar-refractivity contribution in [2.75, 3.05) is 32.2 Å². The molecule has 0 saturated carbocycles. The summed E-state index contributed by atoms with van der Waals surface area (Å²) in [5, 5.41) is 9.91. The fourth-order valence-electron chi connectivity index (χ4n) is 1.87. The van der Waals surface area contributed by atoms with Crippen molar-refractivity contribution in [2.24, 2.45) is 0 Å². The standard InChI is InChI=1S/C10H16N2O3S/c1-14-8-4-12(5-9(8)15-2)10-11-3-7(6-13)16-10/h3,8-9,13H,4-6H2,1-2H3. The lowest BCUT2D eigenvalue weighted by atomic mass is 10.3. The van der Waals surface area contributed by atoms with Crippen molar-refractivity contribution in [1.29, 1.82) is 0 Å². The van der Waals surface area contributed by atoms with E-state index in [-0.39, 0.29) is 18.8 Å². The van der Waals surface area contributed by atoms with E-state index in [4.69, 9.17) is 14.6 Å². The number of methoxy groups -OCH3 is 2. The van der Waals surface area contributed by atoms with Crippen LogP contribution in [0.1, 0.15) is 4.88 Å². The third-order valence-electron chi connectivity index (χ3n) is 2.79. The first-order chi connectivity index (χ1) is 7.78. The molecule has 90 valence electrons. The maximum atomic E-state index is 8.99. The number of hydrogen-bond acceptors (Lipinski definition) is 6. The van der Waals surface area contributed by atoms with Gasteiger partial charge in [0, 0.05) is 33.5 Å². The third-order valence-corrected chi connectivity index (χ3v) is 3.83. The summed E-state index contributed by atoms with van der Waals surface area (Å²) in [6.07, 6.45) is 1.89. The highest BCUT2D eigenvalue weighted by Crippen LogP contribution is 2.27. The van der Waals surface area contributed by atoms with Gasteiger partial charge in [-0.3, -0.25) is 0 Å². The molecule has 1 aliphatic heterocycles. The number of aliphatic hydroxyl groups excluding tert-OH is 1. The molecule has 0 aromatic carbocycles. The summed E-state index contributed by atoms with van der Waals surface area (Å²) < 4.78 is 10.7. The van der Waals surface area contributed by atoms with Crippen LogP contribution in [0.2, 0.25) is 0 Å². The largest absolute Gasteiger partial charge is 0.391 e. The van der Waals surface area contributed by atoms with Crippen LogP contribution in [0.15, 0.2) is 6.20 Å². The summed E-state index contributed by atoms with van der Waals surface area (Å²) in [5.41, 5.74) is 0. The van der Waals surface area contributed by atoms with Gasteiger partial charge < -0.3 is 19.5 Å². The average Bonchev–Trinajstić information content (AvgIpc) is 2.94. The van der Waals surface area contributed by atoms with Crippen LogP contribution in [-0.4, -0.2) is 49.6 Å². The average molecular weight is 244 g/mol. The Labute approximate surface area is 98.6 Å². The fraction of sp³-hybridized carbons (Fsp3) is 0.700. The van der Waals surface area contributed by atoms with Crippen molar-refractivity contribution in [3.63, 3.8) is 0 Å². The van der Waals surface area contributed by atoms with E-state index in [1.807, 2.05) is 0 Å². The van der Waals surface area contributed by atoms with Crippen molar-refractivity contribution in [3.8, 4) is 0 Å². The molecule has 0 spiro atoms. The van der Waals surface area contributed by atoms with Gasteiger partial charge in [-0.1, -0.05) is 11.3 Å². The maximum absolute atomic E-state index is 8.99. The molecule has 0 radical (unpaired) electrons. The van der Waals surface area contributed by atoms with Crippen molar-refractivity contribution in [1.82, 2.24) is 4.98 Å². The van der Waals surface area contributed by atoms with E-state index in [2.05, 4.69) is 9.88 Å². The first-order valence-corrected chi connectivity index (χ1v) is 5.96. The first kappa shape index (κ1) is 11.8. The van der Waals surface area contributed by atoms with E-state index < -0.39 is 0 Å². The van der Waals surface area contributed by atoms with Gasteiger partial charge in [0.2, 0.25) is 0 Å². The van der Waals surface area contributed by atoms with Crippen LogP contribution >= 0.6 is 11.3 Å². The zero-order chi connectivity index (χ0) is 11.5. The van der Waals surface area contributed by atoms with E-state index in [0.29, 0.717) is 0 Å². The second-order valence-corrected chi connectivity index (χ2v) is 4.81. The molecule has 16 heavy (non-hydrogen) atoms. The number of rotatable bonds is 4. The van der Waals surface area contributed by atoms with Gasteiger partial charge in [-0.15, -0.1) is 0 Å². The van der Waals surface area contributed by atoms with Crippen molar-refractivity contribution in [3.05, 3.63) is 11.1 Å². The highest BCUT2D eigenvalue weighted by Gasteiger charge is 2.34. The minimum absolute atomic E-state index is 0.0485. The summed E-state index contributed by atoms with van der Waals surface area (Å²) >= 11 is 1.51.